The lowest BCUT2D eigenvalue weighted by Crippen LogP contribution is -2.14. The number of nitrogens with one attached hydrogen (secondary N) is 1. The summed E-state index contributed by atoms with van der Waals surface area (Å²) in [5.41, 5.74) is 1.79. The Balaban J connectivity index is 1.63. The molecule has 0 bridgehead atoms. The fourth-order valence-corrected chi connectivity index (χ4v) is 2.87. The van der Waals surface area contributed by atoms with Crippen LogP contribution in [0.2, 0.25) is 0 Å². The fourth-order valence-electron chi connectivity index (χ4n) is 2.87. The molecule has 1 saturated carbocycles. The standard InChI is InChI=1S/C18H19N3O3/c22-17(23)10-7-13-5-8-14(9-6-13)19-18(24)16-11-12-21(20-16)15-3-1-2-4-15/h5-12,15H,1-4H2,(H,19,24)(H,22,23). The highest BCUT2D eigenvalue weighted by Crippen LogP contribution is 2.28. The van der Waals surface area contributed by atoms with Crippen molar-refractivity contribution in [1.82, 2.24) is 9.78 Å². The number of rotatable bonds is 5. The van der Waals surface area contributed by atoms with Crippen LogP contribution in [0.25, 0.3) is 6.08 Å². The topological polar surface area (TPSA) is 84.2 Å². The molecule has 1 aliphatic carbocycles. The first-order chi connectivity index (χ1) is 11.6. The Hall–Kier alpha value is -2.89. The summed E-state index contributed by atoms with van der Waals surface area (Å²) in [4.78, 5) is 22.8. The van der Waals surface area contributed by atoms with E-state index in [2.05, 4.69) is 10.4 Å². The van der Waals surface area contributed by atoms with Gasteiger partial charge in [0.1, 0.15) is 0 Å². The molecule has 2 aromatic rings. The molecule has 1 heterocycles. The summed E-state index contributed by atoms with van der Waals surface area (Å²) in [7, 11) is 0. The van der Waals surface area contributed by atoms with Gasteiger partial charge < -0.3 is 10.4 Å². The third kappa shape index (κ3) is 3.90. The van der Waals surface area contributed by atoms with Gasteiger partial charge in [-0.15, -0.1) is 0 Å². The average molecular weight is 325 g/mol. The van der Waals surface area contributed by atoms with Crippen LogP contribution < -0.4 is 5.32 Å². The molecule has 0 atom stereocenters. The molecule has 0 saturated heterocycles. The maximum Gasteiger partial charge on any atom is 0.328 e. The van der Waals surface area contributed by atoms with Crippen LogP contribution in [-0.2, 0) is 4.79 Å². The van der Waals surface area contributed by atoms with Gasteiger partial charge in [-0.2, -0.15) is 5.10 Å². The van der Waals surface area contributed by atoms with Crippen molar-refractivity contribution in [1.29, 1.82) is 0 Å². The van der Waals surface area contributed by atoms with Gasteiger partial charge in [-0.25, -0.2) is 4.79 Å². The molecule has 0 radical (unpaired) electrons. The number of carboxylic acids is 1. The highest BCUT2D eigenvalue weighted by Gasteiger charge is 2.19. The van der Waals surface area contributed by atoms with E-state index in [9.17, 15) is 9.59 Å². The number of amides is 1. The fraction of sp³-hybridized carbons (Fsp3) is 0.278. The molecule has 2 N–H and O–H groups in total. The van der Waals surface area contributed by atoms with Crippen molar-refractivity contribution in [3.8, 4) is 0 Å². The van der Waals surface area contributed by atoms with Crippen molar-refractivity contribution in [3.63, 3.8) is 0 Å². The number of anilines is 1. The predicted octanol–water partition coefficient (Wildman–Crippen LogP) is 3.35. The number of hydrogen-bond acceptors (Lipinski definition) is 3. The van der Waals surface area contributed by atoms with Crippen LogP contribution in [0.1, 0.15) is 47.8 Å². The molecule has 1 fully saturated rings. The van der Waals surface area contributed by atoms with Gasteiger partial charge in [-0.3, -0.25) is 9.48 Å². The highest BCUT2D eigenvalue weighted by atomic mass is 16.4. The Labute approximate surface area is 139 Å². The predicted molar refractivity (Wildman–Crippen MR) is 90.8 cm³/mol. The molecule has 1 aromatic heterocycles. The van der Waals surface area contributed by atoms with E-state index in [1.807, 2.05) is 10.9 Å². The van der Waals surface area contributed by atoms with Crippen LogP contribution in [0.15, 0.2) is 42.6 Å². The molecule has 124 valence electrons. The minimum atomic E-state index is -0.995. The van der Waals surface area contributed by atoms with Crippen LogP contribution in [0.3, 0.4) is 0 Å². The summed E-state index contributed by atoms with van der Waals surface area (Å²) < 4.78 is 1.89. The van der Waals surface area contributed by atoms with E-state index in [4.69, 9.17) is 5.11 Å². The molecular formula is C18H19N3O3. The van der Waals surface area contributed by atoms with E-state index < -0.39 is 5.97 Å². The second-order valence-corrected chi connectivity index (χ2v) is 5.87. The number of aliphatic carboxylic acids is 1. The number of benzene rings is 1. The molecule has 1 aromatic carbocycles. The third-order valence-corrected chi connectivity index (χ3v) is 4.13. The Morgan fingerprint density at radius 1 is 1.17 bits per heavy atom. The summed E-state index contributed by atoms with van der Waals surface area (Å²) in [5, 5.41) is 15.8. The maximum atomic E-state index is 12.3. The summed E-state index contributed by atoms with van der Waals surface area (Å²) in [5.74, 6) is -1.24. The molecule has 24 heavy (non-hydrogen) atoms. The van der Waals surface area contributed by atoms with Crippen molar-refractivity contribution >= 4 is 23.6 Å². The molecule has 0 aliphatic heterocycles. The van der Waals surface area contributed by atoms with Gasteiger partial charge in [0.15, 0.2) is 5.69 Å². The highest BCUT2D eigenvalue weighted by molar-refractivity contribution is 6.02. The van der Waals surface area contributed by atoms with Crippen molar-refractivity contribution in [2.45, 2.75) is 31.7 Å². The normalized spacial score (nSPS) is 15.0. The number of carboxylic acid groups (broad SMARTS) is 1. The molecule has 6 nitrogen and oxygen atoms in total. The van der Waals surface area contributed by atoms with Gasteiger partial charge in [0.25, 0.3) is 5.91 Å². The quantitative estimate of drug-likeness (QED) is 0.826. The minimum Gasteiger partial charge on any atom is -0.478 e. The zero-order valence-corrected chi connectivity index (χ0v) is 13.2. The first-order valence-corrected chi connectivity index (χ1v) is 7.99. The lowest BCUT2D eigenvalue weighted by atomic mass is 10.2. The molecule has 6 heteroatoms. The smallest absolute Gasteiger partial charge is 0.328 e. The zero-order chi connectivity index (χ0) is 16.9. The molecule has 0 unspecified atom stereocenters. The largest absolute Gasteiger partial charge is 0.478 e. The minimum absolute atomic E-state index is 0.249. The lowest BCUT2D eigenvalue weighted by Gasteiger charge is -2.08. The Bertz CT molecular complexity index is 756. The maximum absolute atomic E-state index is 12.3. The van der Waals surface area contributed by atoms with Crippen LogP contribution in [0.4, 0.5) is 5.69 Å². The monoisotopic (exact) mass is 325 g/mol. The first-order valence-electron chi connectivity index (χ1n) is 7.99. The van der Waals surface area contributed by atoms with Crippen LogP contribution in [0.5, 0.6) is 0 Å². The molecule has 3 rings (SSSR count). The molecule has 1 amide bonds. The zero-order valence-electron chi connectivity index (χ0n) is 13.2. The lowest BCUT2D eigenvalue weighted by molar-refractivity contribution is -0.131. The second-order valence-electron chi connectivity index (χ2n) is 5.87. The average Bonchev–Trinajstić information content (AvgIpc) is 3.25. The van der Waals surface area contributed by atoms with Gasteiger partial charge in [0, 0.05) is 18.0 Å². The van der Waals surface area contributed by atoms with Crippen LogP contribution in [0, 0.1) is 0 Å². The van der Waals surface area contributed by atoms with E-state index in [1.165, 1.54) is 18.9 Å². The SMILES string of the molecule is O=C(O)C=Cc1ccc(NC(=O)c2ccn(C3CCCC3)n2)cc1. The van der Waals surface area contributed by atoms with Crippen molar-refractivity contribution < 1.29 is 14.7 Å². The van der Waals surface area contributed by atoms with E-state index in [1.54, 1.807) is 30.3 Å². The Morgan fingerprint density at radius 3 is 2.54 bits per heavy atom. The Kier molecular flexibility index (Phi) is 4.74. The molecular weight excluding hydrogens is 306 g/mol. The van der Waals surface area contributed by atoms with Crippen LogP contribution in [-0.4, -0.2) is 26.8 Å². The summed E-state index contributed by atoms with van der Waals surface area (Å²) >= 11 is 0. The van der Waals surface area contributed by atoms with E-state index in [0.717, 1.165) is 24.5 Å². The van der Waals surface area contributed by atoms with Crippen molar-refractivity contribution in [3.05, 3.63) is 53.9 Å². The van der Waals surface area contributed by atoms with E-state index >= 15 is 0 Å². The summed E-state index contributed by atoms with van der Waals surface area (Å²) in [6, 6.07) is 9.09. The molecule has 1 aliphatic rings. The second kappa shape index (κ2) is 7.12. The third-order valence-electron chi connectivity index (χ3n) is 4.13. The van der Waals surface area contributed by atoms with Crippen molar-refractivity contribution in [2.75, 3.05) is 5.32 Å². The number of aromatic nitrogens is 2. The van der Waals surface area contributed by atoms with Crippen molar-refractivity contribution in [2.24, 2.45) is 0 Å². The van der Waals surface area contributed by atoms with Gasteiger partial charge in [-0.1, -0.05) is 25.0 Å². The number of hydrogen-bond donors (Lipinski definition) is 2. The van der Waals surface area contributed by atoms with Gasteiger partial charge in [0.05, 0.1) is 6.04 Å². The van der Waals surface area contributed by atoms with E-state index in [0.29, 0.717) is 17.4 Å². The van der Waals surface area contributed by atoms with E-state index in [-0.39, 0.29) is 5.91 Å². The number of nitrogens with zero attached hydrogens (tertiary/aromatic N) is 2. The molecule has 0 spiro atoms. The Morgan fingerprint density at radius 2 is 1.88 bits per heavy atom. The van der Waals surface area contributed by atoms with Gasteiger partial charge in [-0.05, 0) is 42.7 Å². The van der Waals surface area contributed by atoms with Gasteiger partial charge >= 0.3 is 5.97 Å². The number of carbonyl (C=O) groups excluding carboxylic acids is 1. The summed E-state index contributed by atoms with van der Waals surface area (Å²) in [6.07, 6.45) is 9.11. The van der Waals surface area contributed by atoms with Crippen LogP contribution >= 0.6 is 0 Å². The van der Waals surface area contributed by atoms with Gasteiger partial charge in [0.2, 0.25) is 0 Å². The first kappa shape index (κ1) is 16.0. The summed E-state index contributed by atoms with van der Waals surface area (Å²) in [6.45, 7) is 0. The number of carbonyl (C=O) groups is 2.